The van der Waals surface area contributed by atoms with Crippen LogP contribution in [0.1, 0.15) is 36.3 Å². The molecule has 0 bridgehead atoms. The van der Waals surface area contributed by atoms with Crippen molar-refractivity contribution in [1.82, 2.24) is 0 Å². The summed E-state index contributed by atoms with van der Waals surface area (Å²) in [6.07, 6.45) is 1.74. The van der Waals surface area contributed by atoms with Crippen molar-refractivity contribution in [2.75, 3.05) is 0 Å². The van der Waals surface area contributed by atoms with Crippen LogP contribution in [0.3, 0.4) is 0 Å². The molecule has 1 aromatic heterocycles. The van der Waals surface area contributed by atoms with E-state index in [1.165, 1.54) is 6.92 Å². The molecule has 0 amide bonds. The molecule has 0 aliphatic carbocycles. The molecule has 88 valence electrons. The van der Waals surface area contributed by atoms with Gasteiger partial charge in [0.25, 0.3) is 0 Å². The molecule has 0 fully saturated rings. The minimum absolute atomic E-state index is 0.488. The van der Waals surface area contributed by atoms with Crippen molar-refractivity contribution in [3.8, 4) is 11.3 Å². The van der Waals surface area contributed by atoms with Crippen LogP contribution in [0, 0.1) is 6.92 Å². The molecule has 2 rings (SSSR count). The summed E-state index contributed by atoms with van der Waals surface area (Å²) in [5.74, 6) is -1.62. The van der Waals surface area contributed by atoms with Crippen LogP contribution in [0.2, 0.25) is 0 Å². The minimum Gasteiger partial charge on any atom is -0.201 e. The topological polar surface area (TPSA) is 3.88 Å². The van der Waals surface area contributed by atoms with Gasteiger partial charge in [0.1, 0.15) is 7.05 Å². The molecule has 2 aromatic rings. The van der Waals surface area contributed by atoms with Gasteiger partial charge in [-0.05, 0) is 30.5 Å². The van der Waals surface area contributed by atoms with E-state index in [1.54, 1.807) is 12.3 Å². The Morgan fingerprint density at radius 2 is 2.00 bits per heavy atom. The second-order valence-corrected chi connectivity index (χ2v) is 4.35. The number of rotatable bonds is 2. The molecular formula is C16H20N+. The zero-order valence-electron chi connectivity index (χ0n) is 14.5. The lowest BCUT2D eigenvalue weighted by Gasteiger charge is -2.07. The Bertz CT molecular complexity index is 660. The van der Waals surface area contributed by atoms with Crippen LogP contribution >= 0.6 is 0 Å². The van der Waals surface area contributed by atoms with Crippen LogP contribution in [-0.2, 0) is 7.05 Å². The maximum atomic E-state index is 8.16. The Balaban J connectivity index is 2.51. The molecule has 0 spiro atoms. The maximum Gasteiger partial charge on any atom is 0.212 e. The Morgan fingerprint density at radius 3 is 2.65 bits per heavy atom. The third-order valence-corrected chi connectivity index (χ3v) is 2.99. The van der Waals surface area contributed by atoms with E-state index in [4.69, 9.17) is 5.48 Å². The molecule has 1 nitrogen and oxygen atoms in total. The summed E-state index contributed by atoms with van der Waals surface area (Å²) in [6, 6.07) is 11.7. The maximum absolute atomic E-state index is 8.16. The summed E-state index contributed by atoms with van der Waals surface area (Å²) in [7, 11) is 1.88. The molecule has 0 radical (unpaired) electrons. The summed E-state index contributed by atoms with van der Waals surface area (Å²) < 4.78 is 32.6. The van der Waals surface area contributed by atoms with E-state index in [0.29, 0.717) is 5.56 Å². The van der Waals surface area contributed by atoms with Crippen molar-refractivity contribution in [3.63, 3.8) is 0 Å². The predicted molar refractivity (Wildman–Crippen MR) is 71.9 cm³/mol. The van der Waals surface area contributed by atoms with E-state index in [1.807, 2.05) is 48.9 Å². The third kappa shape index (κ3) is 2.38. The molecule has 0 saturated carbocycles. The number of aryl methyl sites for hydroxylation is 2. The molecule has 0 aliphatic rings. The first kappa shape index (κ1) is 7.65. The van der Waals surface area contributed by atoms with Gasteiger partial charge in [-0.3, -0.25) is 0 Å². The summed E-state index contributed by atoms with van der Waals surface area (Å²) in [5, 5.41) is 0. The third-order valence-electron chi connectivity index (χ3n) is 2.99. The smallest absolute Gasteiger partial charge is 0.201 e. The van der Waals surface area contributed by atoms with Crippen molar-refractivity contribution < 1.29 is 10.1 Å². The van der Waals surface area contributed by atoms with Crippen LogP contribution in [0.15, 0.2) is 42.6 Å². The van der Waals surface area contributed by atoms with Crippen molar-refractivity contribution in [1.29, 1.82) is 0 Å². The highest BCUT2D eigenvalue weighted by Crippen LogP contribution is 2.21. The van der Waals surface area contributed by atoms with Crippen LogP contribution < -0.4 is 4.57 Å². The van der Waals surface area contributed by atoms with E-state index in [-0.39, 0.29) is 0 Å². The van der Waals surface area contributed by atoms with Crippen molar-refractivity contribution >= 4 is 0 Å². The Hall–Kier alpha value is -1.63. The van der Waals surface area contributed by atoms with Crippen LogP contribution in [0.5, 0.6) is 0 Å². The fourth-order valence-electron chi connectivity index (χ4n) is 1.97. The normalized spacial score (nSPS) is 18.5. The van der Waals surface area contributed by atoms with Gasteiger partial charge in [-0.1, -0.05) is 32.0 Å². The first-order valence-electron chi connectivity index (χ1n) is 7.71. The largest absolute Gasteiger partial charge is 0.212 e. The fourth-order valence-corrected chi connectivity index (χ4v) is 1.97. The van der Waals surface area contributed by atoms with Gasteiger partial charge in [0, 0.05) is 22.7 Å². The monoisotopic (exact) mass is 230 g/mol. The molecule has 1 heteroatoms. The standard InChI is InChI=1S/C16H20N/c1-12(2)14-9-10-16(17(4)11-14)15-8-6-5-7-13(15)3/h5-12H,1-4H3/q+1/i1D3,12D. The average Bonchev–Trinajstić information content (AvgIpc) is 2.38. The average molecular weight is 230 g/mol. The van der Waals surface area contributed by atoms with Crippen LogP contribution in [0.25, 0.3) is 11.3 Å². The summed E-state index contributed by atoms with van der Waals surface area (Å²) in [5.41, 5.74) is 3.75. The van der Waals surface area contributed by atoms with Crippen LogP contribution in [-0.4, -0.2) is 0 Å². The second-order valence-electron chi connectivity index (χ2n) is 4.35. The Labute approximate surface area is 109 Å². The quantitative estimate of drug-likeness (QED) is 0.694. The number of pyridine rings is 1. The van der Waals surface area contributed by atoms with Crippen LogP contribution in [0.4, 0.5) is 0 Å². The highest BCUT2D eigenvalue weighted by atomic mass is 14.9. The second kappa shape index (κ2) is 4.70. The lowest BCUT2D eigenvalue weighted by molar-refractivity contribution is -0.660. The van der Waals surface area contributed by atoms with Gasteiger partial charge < -0.3 is 0 Å². The zero-order valence-corrected chi connectivity index (χ0v) is 10.5. The molecule has 1 heterocycles. The lowest BCUT2D eigenvalue weighted by atomic mass is 10.0. The number of aromatic nitrogens is 1. The predicted octanol–water partition coefficient (Wildman–Crippen LogP) is 3.61. The molecule has 0 aliphatic heterocycles. The molecule has 0 N–H and O–H groups in total. The number of benzene rings is 1. The van der Waals surface area contributed by atoms with Gasteiger partial charge in [-0.15, -0.1) is 0 Å². The van der Waals surface area contributed by atoms with Crippen molar-refractivity contribution in [2.45, 2.75) is 26.6 Å². The summed E-state index contributed by atoms with van der Waals surface area (Å²) >= 11 is 0. The van der Waals surface area contributed by atoms with E-state index in [2.05, 4.69) is 0 Å². The first-order chi connectivity index (χ1) is 9.64. The molecule has 0 saturated heterocycles. The summed E-state index contributed by atoms with van der Waals surface area (Å²) in [4.78, 5) is 0. The Morgan fingerprint density at radius 1 is 1.24 bits per heavy atom. The highest BCUT2D eigenvalue weighted by Gasteiger charge is 2.13. The zero-order chi connectivity index (χ0) is 15.8. The minimum atomic E-state index is -2.36. The van der Waals surface area contributed by atoms with Gasteiger partial charge >= 0.3 is 0 Å². The van der Waals surface area contributed by atoms with E-state index >= 15 is 0 Å². The molecule has 17 heavy (non-hydrogen) atoms. The molecular weight excluding hydrogens is 206 g/mol. The van der Waals surface area contributed by atoms with E-state index < -0.39 is 12.7 Å². The van der Waals surface area contributed by atoms with Gasteiger partial charge in [-0.25, -0.2) is 4.57 Å². The Kier molecular flexibility index (Phi) is 2.12. The van der Waals surface area contributed by atoms with Gasteiger partial charge in [0.15, 0.2) is 6.20 Å². The van der Waals surface area contributed by atoms with Gasteiger partial charge in [0.05, 0.1) is 0 Å². The molecule has 1 atom stereocenters. The highest BCUT2D eigenvalue weighted by molar-refractivity contribution is 5.60. The lowest BCUT2D eigenvalue weighted by Crippen LogP contribution is -2.31. The fraction of sp³-hybridized carbons (Fsp3) is 0.312. The van der Waals surface area contributed by atoms with Gasteiger partial charge in [-0.2, -0.15) is 0 Å². The molecule has 1 aromatic carbocycles. The number of hydrogen-bond donors (Lipinski definition) is 0. The molecule has 1 unspecified atom stereocenters. The number of hydrogen-bond acceptors (Lipinski definition) is 0. The van der Waals surface area contributed by atoms with Gasteiger partial charge in [0.2, 0.25) is 5.69 Å². The van der Waals surface area contributed by atoms with Crippen molar-refractivity contribution in [3.05, 3.63) is 53.7 Å². The van der Waals surface area contributed by atoms with E-state index in [0.717, 1.165) is 16.8 Å². The first-order valence-corrected chi connectivity index (χ1v) is 5.71. The summed E-state index contributed by atoms with van der Waals surface area (Å²) in [6.45, 7) is 1.12. The van der Waals surface area contributed by atoms with Crippen molar-refractivity contribution in [2.24, 2.45) is 7.05 Å². The SMILES string of the molecule is [2H]C([2H])([2H])C([2H])(C)c1ccc(-c2ccccc2C)[n+](C)c1. The number of nitrogens with zero attached hydrogens (tertiary/aromatic N) is 1. The van der Waals surface area contributed by atoms with E-state index in [9.17, 15) is 0 Å².